The van der Waals surface area contributed by atoms with Gasteiger partial charge in [-0.2, -0.15) is 0 Å². The first-order valence-corrected chi connectivity index (χ1v) is 10.3. The van der Waals surface area contributed by atoms with Crippen LogP contribution in [0.5, 0.6) is 11.5 Å². The Hall–Kier alpha value is -2.73. The molecule has 30 heavy (non-hydrogen) atoms. The fourth-order valence-corrected chi connectivity index (χ4v) is 3.93. The number of hydrogen-bond acceptors (Lipinski definition) is 4. The van der Waals surface area contributed by atoms with Crippen LogP contribution >= 0.6 is 11.6 Å². The van der Waals surface area contributed by atoms with Gasteiger partial charge in [-0.05, 0) is 54.7 Å². The summed E-state index contributed by atoms with van der Waals surface area (Å²) in [5.74, 6) is 1.25. The van der Waals surface area contributed by atoms with E-state index in [1.54, 1.807) is 14.2 Å². The summed E-state index contributed by atoms with van der Waals surface area (Å²) >= 11 is 5.97. The van der Waals surface area contributed by atoms with Crippen molar-refractivity contribution in [2.45, 2.75) is 44.2 Å². The lowest BCUT2D eigenvalue weighted by atomic mass is 9.85. The fourth-order valence-electron chi connectivity index (χ4n) is 3.81. The zero-order chi connectivity index (χ0) is 21.6. The topological polar surface area (TPSA) is 76.7 Å². The summed E-state index contributed by atoms with van der Waals surface area (Å²) in [6.45, 7) is 0.399. The van der Waals surface area contributed by atoms with Gasteiger partial charge in [-0.1, -0.05) is 29.8 Å². The highest BCUT2D eigenvalue weighted by atomic mass is 35.5. The van der Waals surface area contributed by atoms with Gasteiger partial charge >= 0.3 is 0 Å². The molecule has 1 aliphatic heterocycles. The van der Waals surface area contributed by atoms with E-state index in [1.165, 1.54) is 0 Å². The van der Waals surface area contributed by atoms with Crippen molar-refractivity contribution >= 4 is 23.4 Å². The van der Waals surface area contributed by atoms with Gasteiger partial charge in [0.15, 0.2) is 11.5 Å². The van der Waals surface area contributed by atoms with Crippen molar-refractivity contribution in [1.82, 2.24) is 10.6 Å². The summed E-state index contributed by atoms with van der Waals surface area (Å²) in [6.07, 6.45) is 2.80. The smallest absolute Gasteiger partial charge is 0.220 e. The van der Waals surface area contributed by atoms with Gasteiger partial charge in [0.05, 0.1) is 14.2 Å². The lowest BCUT2D eigenvalue weighted by molar-refractivity contribution is -0.122. The van der Waals surface area contributed by atoms with E-state index < -0.39 is 5.54 Å². The molecule has 0 unspecified atom stereocenters. The summed E-state index contributed by atoms with van der Waals surface area (Å²) in [7, 11) is 3.16. The van der Waals surface area contributed by atoms with Gasteiger partial charge in [0.2, 0.25) is 11.8 Å². The van der Waals surface area contributed by atoms with E-state index >= 15 is 0 Å². The maximum absolute atomic E-state index is 12.5. The van der Waals surface area contributed by atoms with Gasteiger partial charge in [-0.25, -0.2) is 0 Å². The molecule has 0 spiro atoms. The second-order valence-corrected chi connectivity index (χ2v) is 8.03. The first-order chi connectivity index (χ1) is 14.4. The molecular formula is C23H27ClN2O4. The van der Waals surface area contributed by atoms with Crippen molar-refractivity contribution < 1.29 is 19.1 Å². The first kappa shape index (κ1) is 22.0. The minimum absolute atomic E-state index is 0.0368. The number of benzene rings is 2. The van der Waals surface area contributed by atoms with Crippen molar-refractivity contribution in [3.05, 3.63) is 58.6 Å². The van der Waals surface area contributed by atoms with Crippen LogP contribution in [0.25, 0.3) is 0 Å². The third kappa shape index (κ3) is 5.66. The minimum Gasteiger partial charge on any atom is -0.493 e. The zero-order valence-corrected chi connectivity index (χ0v) is 18.1. The number of hydrogen-bond donors (Lipinski definition) is 2. The maximum atomic E-state index is 12.5. The van der Waals surface area contributed by atoms with Crippen LogP contribution in [0.4, 0.5) is 0 Å². The van der Waals surface area contributed by atoms with Gasteiger partial charge in [0.25, 0.3) is 0 Å². The van der Waals surface area contributed by atoms with E-state index in [2.05, 4.69) is 10.6 Å². The Bertz CT molecular complexity index is 901. The van der Waals surface area contributed by atoms with Crippen molar-refractivity contribution in [2.24, 2.45) is 0 Å². The molecule has 1 heterocycles. The first-order valence-electron chi connectivity index (χ1n) is 9.96. The number of carbonyl (C=O) groups excluding carboxylic acids is 2. The second-order valence-electron chi connectivity index (χ2n) is 7.60. The molecule has 160 valence electrons. The predicted molar refractivity (Wildman–Crippen MR) is 116 cm³/mol. The zero-order valence-electron chi connectivity index (χ0n) is 17.3. The Kier molecular flexibility index (Phi) is 7.21. The fraction of sp³-hybridized carbons (Fsp3) is 0.391. The van der Waals surface area contributed by atoms with Gasteiger partial charge in [0.1, 0.15) is 0 Å². The van der Waals surface area contributed by atoms with Crippen LogP contribution in [0.2, 0.25) is 5.02 Å². The summed E-state index contributed by atoms with van der Waals surface area (Å²) < 4.78 is 10.5. The van der Waals surface area contributed by atoms with E-state index in [0.29, 0.717) is 48.7 Å². The van der Waals surface area contributed by atoms with Crippen molar-refractivity contribution in [3.63, 3.8) is 0 Å². The molecule has 2 aromatic carbocycles. The number of methoxy groups -OCH3 is 2. The molecule has 2 N–H and O–H groups in total. The van der Waals surface area contributed by atoms with E-state index in [1.807, 2.05) is 42.5 Å². The molecule has 0 radical (unpaired) electrons. The summed E-state index contributed by atoms with van der Waals surface area (Å²) in [6, 6.07) is 13.2. The molecule has 7 heteroatoms. The van der Waals surface area contributed by atoms with E-state index in [0.717, 1.165) is 17.5 Å². The standard InChI is InChI=1S/C23H27ClN2O4/c1-29-19-8-5-17(13-20(19)30-2)15-25-21(27)9-11-23(12-10-22(28)26-23)14-16-3-6-18(24)7-4-16/h3-8,13H,9-12,14-15H2,1-2H3,(H,25,27)(H,26,28)/t23-/m1/s1. The monoisotopic (exact) mass is 430 g/mol. The van der Waals surface area contributed by atoms with E-state index in [9.17, 15) is 9.59 Å². The third-order valence-electron chi connectivity index (χ3n) is 5.46. The van der Waals surface area contributed by atoms with E-state index in [4.69, 9.17) is 21.1 Å². The molecular weight excluding hydrogens is 404 g/mol. The highest BCUT2D eigenvalue weighted by Crippen LogP contribution is 2.30. The lowest BCUT2D eigenvalue weighted by Crippen LogP contribution is -2.44. The predicted octanol–water partition coefficient (Wildman–Crippen LogP) is 3.65. The lowest BCUT2D eigenvalue weighted by Gasteiger charge is -2.29. The van der Waals surface area contributed by atoms with Gasteiger partial charge in [0, 0.05) is 29.9 Å². The molecule has 6 nitrogen and oxygen atoms in total. The highest BCUT2D eigenvalue weighted by molar-refractivity contribution is 6.30. The Labute approximate surface area is 181 Å². The van der Waals surface area contributed by atoms with Crippen LogP contribution in [0.1, 0.15) is 36.8 Å². The molecule has 2 amide bonds. The molecule has 1 aliphatic rings. The second kappa shape index (κ2) is 9.85. The van der Waals surface area contributed by atoms with Crippen LogP contribution in [0.3, 0.4) is 0 Å². The van der Waals surface area contributed by atoms with Crippen LogP contribution in [0.15, 0.2) is 42.5 Å². The highest BCUT2D eigenvalue weighted by Gasteiger charge is 2.37. The molecule has 0 aromatic heterocycles. The van der Waals surface area contributed by atoms with Crippen LogP contribution in [0, 0.1) is 0 Å². The molecule has 2 aromatic rings. The van der Waals surface area contributed by atoms with Crippen molar-refractivity contribution in [1.29, 1.82) is 0 Å². The van der Waals surface area contributed by atoms with Gasteiger partial charge in [-0.3, -0.25) is 9.59 Å². The molecule has 0 aliphatic carbocycles. The Balaban J connectivity index is 1.57. The molecule has 3 rings (SSSR count). The maximum Gasteiger partial charge on any atom is 0.220 e. The number of rotatable bonds is 9. The summed E-state index contributed by atoms with van der Waals surface area (Å²) in [5.41, 5.74) is 1.62. The minimum atomic E-state index is -0.397. The van der Waals surface area contributed by atoms with E-state index in [-0.39, 0.29) is 11.8 Å². The van der Waals surface area contributed by atoms with Gasteiger partial charge in [-0.15, -0.1) is 0 Å². The number of halogens is 1. The van der Waals surface area contributed by atoms with Crippen LogP contribution < -0.4 is 20.1 Å². The Morgan fingerprint density at radius 1 is 1.10 bits per heavy atom. The molecule has 0 bridgehead atoms. The van der Waals surface area contributed by atoms with Gasteiger partial charge < -0.3 is 20.1 Å². The van der Waals surface area contributed by atoms with Crippen LogP contribution in [-0.4, -0.2) is 31.6 Å². The van der Waals surface area contributed by atoms with Crippen molar-refractivity contribution in [3.8, 4) is 11.5 Å². The average molecular weight is 431 g/mol. The molecule has 1 fully saturated rings. The molecule has 1 saturated heterocycles. The number of nitrogens with one attached hydrogen (secondary N) is 2. The largest absolute Gasteiger partial charge is 0.493 e. The SMILES string of the molecule is COc1ccc(CNC(=O)CC[C@]2(Cc3ccc(Cl)cc3)CCC(=O)N2)cc1OC. The van der Waals surface area contributed by atoms with Crippen LogP contribution in [-0.2, 0) is 22.6 Å². The molecule has 1 atom stereocenters. The number of carbonyl (C=O) groups is 2. The Morgan fingerprint density at radius 3 is 2.43 bits per heavy atom. The third-order valence-corrected chi connectivity index (χ3v) is 5.71. The summed E-state index contributed by atoms with van der Waals surface area (Å²) in [5, 5.41) is 6.73. The number of amides is 2. The molecule has 0 saturated carbocycles. The van der Waals surface area contributed by atoms with Crippen molar-refractivity contribution in [2.75, 3.05) is 14.2 Å². The quantitative estimate of drug-likeness (QED) is 0.636. The average Bonchev–Trinajstić information content (AvgIpc) is 3.12. The summed E-state index contributed by atoms with van der Waals surface area (Å²) in [4.78, 5) is 24.4. The normalized spacial score (nSPS) is 18.0. The Morgan fingerprint density at radius 2 is 1.80 bits per heavy atom. The number of ether oxygens (including phenoxy) is 2.